The third-order valence-electron chi connectivity index (χ3n) is 4.26. The summed E-state index contributed by atoms with van der Waals surface area (Å²) in [5.41, 5.74) is 2.55. The van der Waals surface area contributed by atoms with Gasteiger partial charge in [0.1, 0.15) is 11.9 Å². The van der Waals surface area contributed by atoms with Crippen molar-refractivity contribution in [3.63, 3.8) is 0 Å². The maximum atomic E-state index is 12.1. The van der Waals surface area contributed by atoms with Gasteiger partial charge >= 0.3 is 6.09 Å². The standard InChI is InChI=1S/C19H27NO3/c1-14-5-6-16(12-17(14)13-21)11-15-7-9-20(10-8-15)18(22)23-19(2,3)4/h5-6,12-13,15H,7-11H2,1-4H3. The van der Waals surface area contributed by atoms with Gasteiger partial charge in [0, 0.05) is 18.7 Å². The summed E-state index contributed by atoms with van der Waals surface area (Å²) in [7, 11) is 0. The number of carbonyl (C=O) groups is 2. The van der Waals surface area contributed by atoms with E-state index in [9.17, 15) is 9.59 Å². The number of likely N-dealkylation sites (tertiary alicyclic amines) is 1. The van der Waals surface area contributed by atoms with E-state index in [2.05, 4.69) is 6.07 Å². The van der Waals surface area contributed by atoms with E-state index in [1.54, 1.807) is 4.90 Å². The predicted molar refractivity (Wildman–Crippen MR) is 90.8 cm³/mol. The Kier molecular flexibility index (Phi) is 5.45. The second-order valence-corrected chi connectivity index (χ2v) is 7.42. The second-order valence-electron chi connectivity index (χ2n) is 7.42. The van der Waals surface area contributed by atoms with E-state index < -0.39 is 5.60 Å². The van der Waals surface area contributed by atoms with E-state index in [1.165, 1.54) is 5.56 Å². The first-order valence-corrected chi connectivity index (χ1v) is 8.31. The smallest absolute Gasteiger partial charge is 0.410 e. The highest BCUT2D eigenvalue weighted by Crippen LogP contribution is 2.24. The minimum absolute atomic E-state index is 0.213. The number of amides is 1. The molecular formula is C19H27NO3. The van der Waals surface area contributed by atoms with Crippen molar-refractivity contribution in [3.05, 3.63) is 34.9 Å². The first-order chi connectivity index (χ1) is 10.8. The zero-order valence-electron chi connectivity index (χ0n) is 14.6. The fourth-order valence-corrected chi connectivity index (χ4v) is 2.92. The molecule has 0 atom stereocenters. The van der Waals surface area contributed by atoms with Crippen LogP contribution in [0.2, 0.25) is 0 Å². The zero-order chi connectivity index (χ0) is 17.0. The van der Waals surface area contributed by atoms with Crippen LogP contribution >= 0.6 is 0 Å². The van der Waals surface area contributed by atoms with Crippen LogP contribution in [0.3, 0.4) is 0 Å². The number of ether oxygens (including phenoxy) is 1. The van der Waals surface area contributed by atoms with Gasteiger partial charge in [-0.2, -0.15) is 0 Å². The van der Waals surface area contributed by atoms with Gasteiger partial charge in [-0.3, -0.25) is 4.79 Å². The van der Waals surface area contributed by atoms with Crippen LogP contribution in [0.1, 0.15) is 55.1 Å². The Morgan fingerprint density at radius 3 is 2.52 bits per heavy atom. The van der Waals surface area contributed by atoms with Crippen LogP contribution in [-0.4, -0.2) is 36.0 Å². The molecule has 0 saturated carbocycles. The van der Waals surface area contributed by atoms with Crippen LogP contribution in [0.15, 0.2) is 18.2 Å². The van der Waals surface area contributed by atoms with Crippen molar-refractivity contribution in [3.8, 4) is 0 Å². The van der Waals surface area contributed by atoms with Gasteiger partial charge in [0.05, 0.1) is 0 Å². The molecule has 1 aliphatic heterocycles. The average Bonchev–Trinajstić information content (AvgIpc) is 2.48. The highest BCUT2D eigenvalue weighted by molar-refractivity contribution is 5.77. The lowest BCUT2D eigenvalue weighted by molar-refractivity contribution is 0.0184. The van der Waals surface area contributed by atoms with Crippen LogP contribution < -0.4 is 0 Å². The third-order valence-corrected chi connectivity index (χ3v) is 4.26. The summed E-state index contributed by atoms with van der Waals surface area (Å²) >= 11 is 0. The fraction of sp³-hybridized carbons (Fsp3) is 0.579. The second kappa shape index (κ2) is 7.16. The molecule has 1 aromatic rings. The van der Waals surface area contributed by atoms with E-state index in [0.717, 1.165) is 49.8 Å². The molecule has 4 nitrogen and oxygen atoms in total. The number of carbonyl (C=O) groups excluding carboxylic acids is 2. The van der Waals surface area contributed by atoms with Gasteiger partial charge in [-0.05, 0) is 70.1 Å². The topological polar surface area (TPSA) is 46.6 Å². The molecule has 1 amide bonds. The first kappa shape index (κ1) is 17.5. The zero-order valence-corrected chi connectivity index (χ0v) is 14.6. The Morgan fingerprint density at radius 1 is 1.30 bits per heavy atom. The molecule has 126 valence electrons. The Morgan fingerprint density at radius 2 is 1.96 bits per heavy atom. The molecule has 0 bridgehead atoms. The van der Waals surface area contributed by atoms with Crippen molar-refractivity contribution in [1.29, 1.82) is 0 Å². The largest absolute Gasteiger partial charge is 0.444 e. The van der Waals surface area contributed by atoms with Gasteiger partial charge in [0.25, 0.3) is 0 Å². The van der Waals surface area contributed by atoms with E-state index in [1.807, 2.05) is 39.8 Å². The van der Waals surface area contributed by atoms with Crippen molar-refractivity contribution < 1.29 is 14.3 Å². The molecular weight excluding hydrogens is 290 g/mol. The van der Waals surface area contributed by atoms with Crippen molar-refractivity contribution >= 4 is 12.4 Å². The average molecular weight is 317 g/mol. The van der Waals surface area contributed by atoms with E-state index in [0.29, 0.717) is 5.92 Å². The molecule has 1 saturated heterocycles. The SMILES string of the molecule is Cc1ccc(CC2CCN(C(=O)OC(C)(C)C)CC2)cc1C=O. The normalized spacial score (nSPS) is 16.3. The third kappa shape index (κ3) is 5.08. The van der Waals surface area contributed by atoms with Gasteiger partial charge < -0.3 is 9.64 Å². The van der Waals surface area contributed by atoms with Gasteiger partial charge in [0.2, 0.25) is 0 Å². The maximum absolute atomic E-state index is 12.1. The minimum Gasteiger partial charge on any atom is -0.444 e. The molecule has 0 spiro atoms. The summed E-state index contributed by atoms with van der Waals surface area (Å²) in [6, 6.07) is 6.10. The summed E-state index contributed by atoms with van der Waals surface area (Å²) in [6.07, 6.45) is 3.62. The fourth-order valence-electron chi connectivity index (χ4n) is 2.92. The van der Waals surface area contributed by atoms with Gasteiger partial charge in [-0.25, -0.2) is 4.79 Å². The van der Waals surface area contributed by atoms with Crippen molar-refractivity contribution in [2.45, 2.75) is 52.6 Å². The van der Waals surface area contributed by atoms with E-state index >= 15 is 0 Å². The Balaban J connectivity index is 1.87. The molecule has 2 rings (SSSR count). The number of aryl methyl sites for hydroxylation is 1. The first-order valence-electron chi connectivity index (χ1n) is 8.31. The molecule has 0 unspecified atom stereocenters. The van der Waals surface area contributed by atoms with Crippen LogP contribution in [-0.2, 0) is 11.2 Å². The van der Waals surface area contributed by atoms with Gasteiger partial charge in [-0.15, -0.1) is 0 Å². The molecule has 0 N–H and O–H groups in total. The Hall–Kier alpha value is -1.84. The summed E-state index contributed by atoms with van der Waals surface area (Å²) < 4.78 is 5.42. The number of benzene rings is 1. The predicted octanol–water partition coefficient (Wildman–Crippen LogP) is 4.00. The lowest BCUT2D eigenvalue weighted by atomic mass is 9.89. The number of nitrogens with zero attached hydrogens (tertiary/aromatic N) is 1. The van der Waals surface area contributed by atoms with E-state index in [4.69, 9.17) is 4.74 Å². The van der Waals surface area contributed by atoms with Gasteiger partial charge in [-0.1, -0.05) is 12.1 Å². The summed E-state index contributed by atoms with van der Waals surface area (Å²) in [6.45, 7) is 9.10. The molecule has 1 fully saturated rings. The van der Waals surface area contributed by atoms with Crippen LogP contribution in [0.5, 0.6) is 0 Å². The number of aldehydes is 1. The number of rotatable bonds is 3. The molecule has 0 aromatic heterocycles. The molecule has 1 aromatic carbocycles. The molecule has 0 aliphatic carbocycles. The molecule has 4 heteroatoms. The number of hydrogen-bond donors (Lipinski definition) is 0. The monoisotopic (exact) mass is 317 g/mol. The van der Waals surface area contributed by atoms with E-state index in [-0.39, 0.29) is 6.09 Å². The van der Waals surface area contributed by atoms with Crippen molar-refractivity contribution in [1.82, 2.24) is 4.90 Å². The highest BCUT2D eigenvalue weighted by Gasteiger charge is 2.26. The quantitative estimate of drug-likeness (QED) is 0.792. The van der Waals surface area contributed by atoms with Crippen LogP contribution in [0.25, 0.3) is 0 Å². The lowest BCUT2D eigenvalue weighted by Crippen LogP contribution is -2.42. The molecule has 0 radical (unpaired) electrons. The highest BCUT2D eigenvalue weighted by atomic mass is 16.6. The van der Waals surface area contributed by atoms with Crippen LogP contribution in [0.4, 0.5) is 4.79 Å². The molecule has 1 aliphatic rings. The maximum Gasteiger partial charge on any atom is 0.410 e. The summed E-state index contributed by atoms with van der Waals surface area (Å²) in [5.74, 6) is 0.552. The number of hydrogen-bond acceptors (Lipinski definition) is 3. The Bertz CT molecular complexity index is 566. The lowest BCUT2D eigenvalue weighted by Gasteiger charge is -2.33. The molecule has 23 heavy (non-hydrogen) atoms. The molecule has 1 heterocycles. The minimum atomic E-state index is -0.443. The van der Waals surface area contributed by atoms with Crippen molar-refractivity contribution in [2.75, 3.05) is 13.1 Å². The summed E-state index contributed by atoms with van der Waals surface area (Å²) in [4.78, 5) is 24.9. The Labute approximate surface area is 138 Å². The number of piperidine rings is 1. The van der Waals surface area contributed by atoms with Gasteiger partial charge in [0.15, 0.2) is 0 Å². The summed E-state index contributed by atoms with van der Waals surface area (Å²) in [5, 5.41) is 0. The van der Waals surface area contributed by atoms with Crippen LogP contribution in [0, 0.1) is 12.8 Å². The van der Waals surface area contributed by atoms with Crippen molar-refractivity contribution in [2.24, 2.45) is 5.92 Å².